The van der Waals surface area contributed by atoms with E-state index in [1.807, 2.05) is 0 Å². The van der Waals surface area contributed by atoms with Crippen molar-refractivity contribution in [3.63, 3.8) is 0 Å². The van der Waals surface area contributed by atoms with E-state index < -0.39 is 0 Å². The van der Waals surface area contributed by atoms with Crippen molar-refractivity contribution in [1.29, 1.82) is 0 Å². The highest BCUT2D eigenvalue weighted by molar-refractivity contribution is 7.00. The van der Waals surface area contributed by atoms with Crippen molar-refractivity contribution in [3.05, 3.63) is 191 Å². The quantitative estimate of drug-likeness (QED) is 0.161. The van der Waals surface area contributed by atoms with Gasteiger partial charge in [-0.25, -0.2) is 0 Å². The predicted octanol–water partition coefficient (Wildman–Crippen LogP) is 18.9. The lowest BCUT2D eigenvalue weighted by atomic mass is 9.35. The van der Waals surface area contributed by atoms with Gasteiger partial charge in [0.2, 0.25) is 0 Å². The van der Waals surface area contributed by atoms with Crippen molar-refractivity contribution in [2.75, 3.05) is 14.7 Å². The molecule has 80 heavy (non-hydrogen) atoms. The van der Waals surface area contributed by atoms with Crippen molar-refractivity contribution < 1.29 is 8.83 Å². The molecule has 3 aliphatic carbocycles. The first kappa shape index (κ1) is 49.6. The van der Waals surface area contributed by atoms with E-state index in [1.54, 1.807) is 0 Å². The smallest absolute Gasteiger partial charge is 0.297 e. The molecule has 2 aliphatic heterocycles. The number of nitrogens with zero attached hydrogens (tertiary/aromatic N) is 3. The second-order valence-corrected chi connectivity index (χ2v) is 28.5. The predicted molar refractivity (Wildman–Crippen MR) is 338 cm³/mol. The summed E-state index contributed by atoms with van der Waals surface area (Å²) in [5.74, 6) is 0. The van der Waals surface area contributed by atoms with Gasteiger partial charge in [-0.3, -0.25) is 0 Å². The third-order valence-corrected chi connectivity index (χ3v) is 20.6. The first-order valence-corrected chi connectivity index (χ1v) is 29.7. The summed E-state index contributed by atoms with van der Waals surface area (Å²) in [6.07, 6.45) is 6.76. The van der Waals surface area contributed by atoms with Crippen LogP contribution in [-0.2, 0) is 32.5 Å². The third-order valence-electron chi connectivity index (χ3n) is 20.6. The third kappa shape index (κ3) is 7.08. The molecule has 5 aliphatic rings. The van der Waals surface area contributed by atoms with Crippen LogP contribution >= 0.6 is 0 Å². The highest BCUT2D eigenvalue weighted by Gasteiger charge is 2.51. The van der Waals surface area contributed by atoms with E-state index in [2.05, 4.69) is 256 Å². The van der Waals surface area contributed by atoms with E-state index in [-0.39, 0.29) is 39.2 Å². The van der Waals surface area contributed by atoms with Gasteiger partial charge in [0.15, 0.2) is 5.58 Å². The Morgan fingerprint density at radius 2 is 0.887 bits per heavy atom. The summed E-state index contributed by atoms with van der Waals surface area (Å²) in [5.41, 5.74) is 24.8. The highest BCUT2D eigenvalue weighted by Crippen LogP contribution is 2.57. The van der Waals surface area contributed by atoms with Gasteiger partial charge >= 0.3 is 0 Å². The van der Waals surface area contributed by atoms with Crippen LogP contribution in [-0.4, -0.2) is 6.71 Å². The minimum Gasteiger partial charge on any atom is -0.468 e. The zero-order chi connectivity index (χ0) is 55.2. The van der Waals surface area contributed by atoms with Gasteiger partial charge < -0.3 is 23.5 Å². The fourth-order valence-electron chi connectivity index (χ4n) is 15.5. The molecule has 0 radical (unpaired) electrons. The number of rotatable bonds is 5. The Kier molecular flexibility index (Phi) is 10.3. The van der Waals surface area contributed by atoms with Crippen molar-refractivity contribution in [2.45, 2.75) is 154 Å². The van der Waals surface area contributed by atoms with Crippen LogP contribution in [0.3, 0.4) is 0 Å². The molecule has 0 spiro atoms. The topological polar surface area (TPSA) is 36.0 Å². The molecule has 0 saturated heterocycles. The molecule has 15 rings (SSSR count). The summed E-state index contributed by atoms with van der Waals surface area (Å²) in [6.45, 7) is 29.2. The summed E-state index contributed by atoms with van der Waals surface area (Å²) in [4.78, 5) is 7.70. The maximum Gasteiger partial charge on any atom is 0.297 e. The summed E-state index contributed by atoms with van der Waals surface area (Å²) in [5, 5.41) is 3.41. The Labute approximate surface area is 473 Å². The largest absolute Gasteiger partial charge is 0.468 e. The molecule has 10 aromatic rings. The number of furan rings is 2. The average Bonchev–Trinajstić information content (AvgIpc) is 4.18. The summed E-state index contributed by atoms with van der Waals surface area (Å²) in [6, 6.07) is 59.9. The normalized spacial score (nSPS) is 19.2. The van der Waals surface area contributed by atoms with E-state index in [9.17, 15) is 0 Å². The molecular formula is C74H74BN3O2. The van der Waals surface area contributed by atoms with Crippen LogP contribution in [0.25, 0.3) is 32.9 Å². The number of benzene rings is 8. The van der Waals surface area contributed by atoms with Crippen LogP contribution in [0.4, 0.5) is 51.2 Å². The molecule has 0 unspecified atom stereocenters. The van der Waals surface area contributed by atoms with Crippen LogP contribution in [0, 0.1) is 0 Å². The minimum atomic E-state index is -0.243. The van der Waals surface area contributed by atoms with Gasteiger partial charge in [-0.1, -0.05) is 162 Å². The van der Waals surface area contributed by atoms with E-state index in [4.69, 9.17) is 8.83 Å². The zero-order valence-corrected chi connectivity index (χ0v) is 49.0. The van der Waals surface area contributed by atoms with Gasteiger partial charge in [-0.2, -0.15) is 0 Å². The molecule has 0 amide bonds. The van der Waals surface area contributed by atoms with Crippen molar-refractivity contribution in [1.82, 2.24) is 0 Å². The van der Waals surface area contributed by atoms with E-state index in [0.29, 0.717) is 0 Å². The summed E-state index contributed by atoms with van der Waals surface area (Å²) in [7, 11) is 0. The minimum absolute atomic E-state index is 0.000658. The second-order valence-electron chi connectivity index (χ2n) is 28.5. The molecular weight excluding hydrogens is 974 g/mol. The summed E-state index contributed by atoms with van der Waals surface area (Å²) < 4.78 is 15.0. The molecule has 0 N–H and O–H groups in total. The number of anilines is 9. The lowest BCUT2D eigenvalue weighted by Crippen LogP contribution is -2.61. The van der Waals surface area contributed by atoms with Crippen molar-refractivity contribution in [2.24, 2.45) is 0 Å². The Bertz CT molecular complexity index is 4190. The molecule has 0 fully saturated rings. The zero-order valence-electron chi connectivity index (χ0n) is 49.0. The Morgan fingerprint density at radius 1 is 0.375 bits per heavy atom. The van der Waals surface area contributed by atoms with Crippen molar-refractivity contribution >= 4 is 107 Å². The maximum absolute atomic E-state index is 7.88. The molecule has 0 bridgehead atoms. The van der Waals surface area contributed by atoms with E-state index in [1.165, 1.54) is 55.4 Å². The van der Waals surface area contributed by atoms with Gasteiger partial charge in [0.1, 0.15) is 11.2 Å². The van der Waals surface area contributed by atoms with Crippen LogP contribution in [0.15, 0.2) is 167 Å². The van der Waals surface area contributed by atoms with Gasteiger partial charge in [0.25, 0.3) is 6.71 Å². The maximum atomic E-state index is 7.88. The number of fused-ring (bicyclic) bond motifs is 12. The first-order valence-electron chi connectivity index (χ1n) is 29.7. The Balaban J connectivity index is 1.13. The number of para-hydroxylation sites is 4. The molecule has 0 saturated carbocycles. The van der Waals surface area contributed by atoms with Gasteiger partial charge in [0, 0.05) is 50.3 Å². The van der Waals surface area contributed by atoms with E-state index >= 15 is 0 Å². The van der Waals surface area contributed by atoms with Crippen LogP contribution in [0.2, 0.25) is 0 Å². The molecule has 2 aromatic heterocycles. The summed E-state index contributed by atoms with van der Waals surface area (Å²) >= 11 is 0. The molecule has 4 heterocycles. The fraction of sp³-hybridized carbons (Fsp3) is 0.324. The molecule has 5 nitrogen and oxygen atoms in total. The SMILES string of the molecule is CC1(C)CCC(C)(C)c2cc(N3c4cc(N(c5ccccc5)c5ccccc5)cc5c4B(c4cc6c(cc4N5c4cccc5c4oc4ccccc45)C(C)(C)CCC6(C)C)c4oc5cc6c(cc5c43)C(C)(C)CCC6(C)C)ccc21. The van der Waals surface area contributed by atoms with Gasteiger partial charge in [0.05, 0.1) is 22.7 Å². The highest BCUT2D eigenvalue weighted by atomic mass is 16.3. The molecule has 6 heteroatoms. The number of hydrogen-bond acceptors (Lipinski definition) is 5. The van der Waals surface area contributed by atoms with Gasteiger partial charge in [-0.05, 0) is 194 Å². The molecule has 0 atom stereocenters. The monoisotopic (exact) mass is 1050 g/mol. The lowest BCUT2D eigenvalue weighted by Gasteiger charge is -2.47. The standard InChI is InChI=1S/C74H74BN3O2/c1-69(2)32-33-70(3,4)53-38-47(30-31-52(53)69)77-61-39-48(76(45-22-15-13-16-23-45)46-24-17-14-18-25-46)40-62-65(61)75(68-66(77)51-41-54-57(44-64(51)80-68)74(11,12)37-34-71(54,5)6)58-42-55-56(73(9,10)36-35-72(55,7)8)43-60(58)78(62)59-28-21-27-50-49-26-19-20-29-63(49)79-67(50)59/h13-31,38-44H,32-37H2,1-12H3. The van der Waals surface area contributed by atoms with Gasteiger partial charge in [-0.15, -0.1) is 0 Å². The lowest BCUT2D eigenvalue weighted by molar-refractivity contribution is 0.332. The molecule has 400 valence electrons. The first-order chi connectivity index (χ1) is 38.1. The Morgan fingerprint density at radius 3 is 1.51 bits per heavy atom. The van der Waals surface area contributed by atoms with Crippen LogP contribution in [0.5, 0.6) is 0 Å². The fourth-order valence-corrected chi connectivity index (χ4v) is 15.5. The second kappa shape index (κ2) is 16.6. The van der Waals surface area contributed by atoms with Crippen molar-refractivity contribution in [3.8, 4) is 0 Å². The molecule has 8 aromatic carbocycles. The van der Waals surface area contributed by atoms with Crippen LogP contribution < -0.4 is 31.3 Å². The van der Waals surface area contributed by atoms with E-state index in [0.717, 1.165) is 117 Å². The number of hydrogen-bond donors (Lipinski definition) is 0. The average molecular weight is 1050 g/mol. The van der Waals surface area contributed by atoms with Crippen LogP contribution in [0.1, 0.15) is 155 Å². The Hall–Kier alpha value is -7.44.